The van der Waals surface area contributed by atoms with Gasteiger partial charge >= 0.3 is 0 Å². The van der Waals surface area contributed by atoms with Crippen LogP contribution < -0.4 is 5.73 Å². The Bertz CT molecular complexity index is 816. The third-order valence-corrected chi connectivity index (χ3v) is 5.93. The molecule has 2 heterocycles. The van der Waals surface area contributed by atoms with E-state index in [1.165, 1.54) is 22.0 Å². The Morgan fingerprint density at radius 3 is 2.83 bits per heavy atom. The Balaban J connectivity index is 1.80. The Labute approximate surface area is 143 Å². The maximum atomic E-state index is 13.0. The van der Waals surface area contributed by atoms with E-state index < -0.39 is 11.0 Å². The fraction of sp³-hybridized carbons (Fsp3) is 0.550. The van der Waals surface area contributed by atoms with Crippen molar-refractivity contribution < 1.29 is 4.79 Å². The molecule has 4 nitrogen and oxygen atoms in total. The number of H-pyrrole nitrogens is 1. The molecule has 3 N–H and O–H groups in total. The molecule has 0 bridgehead atoms. The summed E-state index contributed by atoms with van der Waals surface area (Å²) in [4.78, 5) is 18.7. The number of piperidine rings is 1. The first-order valence-corrected chi connectivity index (χ1v) is 8.83. The molecule has 1 fully saturated rings. The number of ketones is 1. The van der Waals surface area contributed by atoms with Crippen LogP contribution in [0.15, 0.2) is 24.4 Å². The van der Waals surface area contributed by atoms with E-state index in [1.807, 2.05) is 20.8 Å². The van der Waals surface area contributed by atoms with Crippen molar-refractivity contribution in [2.45, 2.75) is 51.1 Å². The predicted octanol–water partition coefficient (Wildman–Crippen LogP) is 2.82. The number of fused-ring (bicyclic) bond motifs is 2. The summed E-state index contributed by atoms with van der Waals surface area (Å²) in [5.41, 5.74) is 9.45. The number of carbonyl (C=O) groups excluding carboxylic acids is 1. The van der Waals surface area contributed by atoms with Gasteiger partial charge in [0.2, 0.25) is 0 Å². The van der Waals surface area contributed by atoms with Crippen molar-refractivity contribution in [2.24, 2.45) is 11.1 Å². The number of carbonyl (C=O) groups is 1. The molecule has 0 unspecified atom stereocenters. The van der Waals surface area contributed by atoms with Crippen LogP contribution in [-0.4, -0.2) is 40.8 Å². The Hall–Kier alpha value is -1.65. The standard InChI is InChI=1S/C20H27N3O/c1-19(2,3)18(24)20(21)9-14-13-6-5-7-15-17(13)12(10-22-15)8-16(14)23(4)11-20/h5-7,10,14,16,22H,8-9,11,21H2,1-4H3/t14-,16-,20-/m1/s1. The van der Waals surface area contributed by atoms with E-state index >= 15 is 0 Å². The van der Waals surface area contributed by atoms with E-state index in [-0.39, 0.29) is 5.78 Å². The molecule has 0 spiro atoms. The summed E-state index contributed by atoms with van der Waals surface area (Å²) in [5, 5.41) is 1.35. The second-order valence-electron chi connectivity index (χ2n) is 8.82. The fourth-order valence-electron chi connectivity index (χ4n) is 4.97. The van der Waals surface area contributed by atoms with Gasteiger partial charge in [-0.15, -0.1) is 0 Å². The number of aromatic amines is 1. The number of nitrogens with two attached hydrogens (primary N) is 1. The molecule has 1 aliphatic carbocycles. The van der Waals surface area contributed by atoms with E-state index in [4.69, 9.17) is 5.73 Å². The maximum Gasteiger partial charge on any atom is 0.159 e. The third-order valence-electron chi connectivity index (χ3n) is 5.93. The molecular formula is C20H27N3O. The first-order valence-electron chi connectivity index (χ1n) is 8.83. The summed E-state index contributed by atoms with van der Waals surface area (Å²) < 4.78 is 0. The van der Waals surface area contributed by atoms with Crippen molar-refractivity contribution in [2.75, 3.05) is 13.6 Å². The minimum Gasteiger partial charge on any atom is -0.361 e. The summed E-state index contributed by atoms with van der Waals surface area (Å²) in [5.74, 6) is 0.486. The lowest BCUT2D eigenvalue weighted by Crippen LogP contribution is -2.65. The highest BCUT2D eigenvalue weighted by Gasteiger charge is 2.50. The minimum absolute atomic E-state index is 0.173. The van der Waals surface area contributed by atoms with E-state index in [9.17, 15) is 4.79 Å². The van der Waals surface area contributed by atoms with Crippen molar-refractivity contribution in [3.8, 4) is 0 Å². The zero-order valence-electron chi connectivity index (χ0n) is 15.0. The number of hydrogen-bond acceptors (Lipinski definition) is 3. The molecule has 24 heavy (non-hydrogen) atoms. The summed E-state index contributed by atoms with van der Waals surface area (Å²) in [6.07, 6.45) is 3.91. The smallest absolute Gasteiger partial charge is 0.159 e. The lowest BCUT2D eigenvalue weighted by molar-refractivity contribution is -0.134. The van der Waals surface area contributed by atoms with Crippen LogP contribution in [0.1, 0.15) is 44.2 Å². The van der Waals surface area contributed by atoms with Crippen LogP contribution in [0.2, 0.25) is 0 Å². The van der Waals surface area contributed by atoms with Gasteiger partial charge in [-0.25, -0.2) is 0 Å². The molecule has 128 valence electrons. The molecule has 0 radical (unpaired) electrons. The second kappa shape index (κ2) is 4.93. The first-order chi connectivity index (χ1) is 11.2. The van der Waals surface area contributed by atoms with Gasteiger partial charge in [0.15, 0.2) is 5.78 Å². The van der Waals surface area contributed by atoms with Crippen LogP contribution in [-0.2, 0) is 11.2 Å². The fourth-order valence-corrected chi connectivity index (χ4v) is 4.97. The van der Waals surface area contributed by atoms with Crippen LogP contribution in [0.5, 0.6) is 0 Å². The van der Waals surface area contributed by atoms with Gasteiger partial charge < -0.3 is 15.6 Å². The van der Waals surface area contributed by atoms with Gasteiger partial charge in [-0.2, -0.15) is 0 Å². The van der Waals surface area contributed by atoms with E-state index in [0.717, 1.165) is 12.8 Å². The van der Waals surface area contributed by atoms with Crippen LogP contribution in [0.3, 0.4) is 0 Å². The molecule has 0 saturated carbocycles. The van der Waals surface area contributed by atoms with Gasteiger partial charge in [0, 0.05) is 41.0 Å². The average Bonchev–Trinajstić information content (AvgIpc) is 2.92. The van der Waals surface area contributed by atoms with Gasteiger partial charge in [0.05, 0.1) is 5.54 Å². The summed E-state index contributed by atoms with van der Waals surface area (Å²) >= 11 is 0. The summed E-state index contributed by atoms with van der Waals surface area (Å²) in [6, 6.07) is 6.88. The molecule has 4 heteroatoms. The predicted molar refractivity (Wildman–Crippen MR) is 97.2 cm³/mol. The van der Waals surface area contributed by atoms with Crippen LogP contribution in [0.25, 0.3) is 10.9 Å². The molecule has 1 aliphatic heterocycles. The average molecular weight is 325 g/mol. The number of likely N-dealkylation sites (tertiary alicyclic amines) is 1. The Morgan fingerprint density at radius 1 is 1.38 bits per heavy atom. The minimum atomic E-state index is -0.774. The van der Waals surface area contributed by atoms with Crippen LogP contribution in [0.4, 0.5) is 0 Å². The van der Waals surface area contributed by atoms with E-state index in [2.05, 4.69) is 41.3 Å². The van der Waals surface area contributed by atoms with Gasteiger partial charge in [-0.05, 0) is 37.1 Å². The van der Waals surface area contributed by atoms with Gasteiger partial charge in [0.25, 0.3) is 0 Å². The second-order valence-corrected chi connectivity index (χ2v) is 8.82. The topological polar surface area (TPSA) is 62.1 Å². The van der Waals surface area contributed by atoms with E-state index in [0.29, 0.717) is 18.5 Å². The van der Waals surface area contributed by atoms with Gasteiger partial charge in [0.1, 0.15) is 0 Å². The largest absolute Gasteiger partial charge is 0.361 e. The monoisotopic (exact) mass is 325 g/mol. The molecule has 3 atom stereocenters. The molecule has 2 aliphatic rings. The lowest BCUT2D eigenvalue weighted by Gasteiger charge is -2.50. The van der Waals surface area contributed by atoms with Crippen molar-refractivity contribution in [1.82, 2.24) is 9.88 Å². The lowest BCUT2D eigenvalue weighted by atomic mass is 9.66. The third kappa shape index (κ3) is 2.16. The molecule has 0 amide bonds. The molecular weight excluding hydrogens is 298 g/mol. The number of rotatable bonds is 1. The number of nitrogens with zero attached hydrogens (tertiary/aromatic N) is 1. The number of likely N-dealkylation sites (N-methyl/N-ethyl adjacent to an activating group) is 1. The molecule has 1 aromatic heterocycles. The van der Waals surface area contributed by atoms with Crippen molar-refractivity contribution >= 4 is 16.7 Å². The molecule has 1 aromatic carbocycles. The van der Waals surface area contributed by atoms with Crippen LogP contribution in [0, 0.1) is 5.41 Å². The highest BCUT2D eigenvalue weighted by atomic mass is 16.1. The quantitative estimate of drug-likeness (QED) is 0.847. The molecule has 2 aromatic rings. The number of nitrogens with one attached hydrogen (secondary N) is 1. The van der Waals surface area contributed by atoms with Crippen molar-refractivity contribution in [1.29, 1.82) is 0 Å². The Morgan fingerprint density at radius 2 is 2.12 bits per heavy atom. The maximum absolute atomic E-state index is 13.0. The highest BCUT2D eigenvalue weighted by Crippen LogP contribution is 2.46. The number of aromatic nitrogens is 1. The summed E-state index contributed by atoms with van der Waals surface area (Å²) in [6.45, 7) is 6.56. The molecule has 1 saturated heterocycles. The molecule has 4 rings (SSSR count). The number of hydrogen-bond donors (Lipinski definition) is 2. The van der Waals surface area contributed by atoms with Crippen molar-refractivity contribution in [3.63, 3.8) is 0 Å². The van der Waals surface area contributed by atoms with Gasteiger partial charge in [-0.1, -0.05) is 32.9 Å². The highest BCUT2D eigenvalue weighted by molar-refractivity contribution is 5.94. The first kappa shape index (κ1) is 15.9. The normalized spacial score (nSPS) is 30.4. The van der Waals surface area contributed by atoms with Crippen LogP contribution >= 0.6 is 0 Å². The number of Topliss-reactive ketones (excluding diaryl/α,β-unsaturated/α-hetero) is 1. The van der Waals surface area contributed by atoms with Gasteiger partial charge in [-0.3, -0.25) is 4.79 Å². The Kier molecular flexibility index (Phi) is 3.26. The zero-order valence-corrected chi connectivity index (χ0v) is 15.0. The van der Waals surface area contributed by atoms with Crippen molar-refractivity contribution in [3.05, 3.63) is 35.5 Å². The zero-order chi connectivity index (χ0) is 17.3. The van der Waals surface area contributed by atoms with E-state index in [1.54, 1.807) is 0 Å². The SMILES string of the molecule is CN1C[C@@](N)(C(=O)C(C)(C)C)C[C@@H]2c3cccc4[nH]cc(c34)C[C@H]21. The number of benzene rings is 1. The summed E-state index contributed by atoms with van der Waals surface area (Å²) in [7, 11) is 2.12.